The summed E-state index contributed by atoms with van der Waals surface area (Å²) < 4.78 is 0. The van der Waals surface area contributed by atoms with Crippen LogP contribution in [0.3, 0.4) is 0 Å². The Labute approximate surface area is 59.9 Å². The van der Waals surface area contributed by atoms with Crippen LogP contribution < -0.4 is 0 Å². The van der Waals surface area contributed by atoms with Crippen molar-refractivity contribution in [3.05, 3.63) is 34.5 Å². The van der Waals surface area contributed by atoms with Gasteiger partial charge in [-0.05, 0) is 25.5 Å². The Hall–Kier alpha value is -1.25. The molecule has 1 rings (SSSR count). The monoisotopic (exact) mass is 138 g/mol. The minimum atomic E-state index is 1.12. The van der Waals surface area contributed by atoms with Crippen LogP contribution in [0.25, 0.3) is 0 Å². The van der Waals surface area contributed by atoms with Crippen molar-refractivity contribution in [2.45, 2.75) is 13.8 Å². The molecule has 0 fully saturated rings. The predicted octanol–water partition coefficient (Wildman–Crippen LogP) is 2.03. The fourth-order valence-corrected chi connectivity index (χ4v) is 0.565. The summed E-state index contributed by atoms with van der Waals surface area (Å²) >= 11 is 0. The van der Waals surface area contributed by atoms with Gasteiger partial charge in [-0.25, -0.2) is 0 Å². The van der Waals surface area contributed by atoms with E-state index in [1.807, 2.05) is 19.2 Å². The number of pyridine rings is 1. The van der Waals surface area contributed by atoms with Crippen molar-refractivity contribution >= 4 is 0 Å². The molecule has 54 valence electrons. The van der Waals surface area contributed by atoms with Crippen LogP contribution in [-0.4, -0.2) is 4.98 Å². The first-order valence-electron chi connectivity index (χ1n) is 2.89. The number of nitroso groups, excluding NO2 is 1. The topological polar surface area (TPSA) is 53.8 Å². The lowest BCUT2D eigenvalue weighted by Crippen LogP contribution is -1.81. The standard InChI is InChI=1S/C7H9N.HNO/c1-6-4-3-5-8-7(6)2;1-2/h3-5H,1-2H3;1H. The van der Waals surface area contributed by atoms with E-state index in [1.165, 1.54) is 5.56 Å². The molecule has 1 heterocycles. The summed E-state index contributed by atoms with van der Waals surface area (Å²) in [5.41, 5.74) is 6.88. The third kappa shape index (κ3) is 2.35. The highest BCUT2D eigenvalue weighted by atomic mass is 16.2. The lowest BCUT2D eigenvalue weighted by molar-refractivity contribution is 1.15. The molecule has 0 radical (unpaired) electrons. The first-order valence-corrected chi connectivity index (χ1v) is 2.89. The molecule has 1 aromatic heterocycles. The van der Waals surface area contributed by atoms with Crippen LogP contribution in [0.5, 0.6) is 0 Å². The summed E-state index contributed by atoms with van der Waals surface area (Å²) in [6.07, 6.45) is 1.81. The van der Waals surface area contributed by atoms with Crippen molar-refractivity contribution in [1.82, 2.24) is 4.98 Å². The fraction of sp³-hybridized carbons (Fsp3) is 0.286. The van der Waals surface area contributed by atoms with Crippen molar-refractivity contribution < 1.29 is 0 Å². The van der Waals surface area contributed by atoms with Crippen molar-refractivity contribution in [3.8, 4) is 0 Å². The van der Waals surface area contributed by atoms with E-state index in [0.717, 1.165) is 5.69 Å². The highest BCUT2D eigenvalue weighted by Gasteiger charge is 1.85. The first kappa shape index (κ1) is 8.75. The summed E-state index contributed by atoms with van der Waals surface area (Å²) in [4.78, 5) is 11.6. The molecule has 0 bridgehead atoms. The van der Waals surface area contributed by atoms with E-state index in [2.05, 4.69) is 23.6 Å². The molecule has 3 nitrogen and oxygen atoms in total. The molecule has 0 aliphatic rings. The zero-order valence-electron chi connectivity index (χ0n) is 6.09. The number of hydrogen-bond acceptors (Lipinski definition) is 3. The summed E-state index contributed by atoms with van der Waals surface area (Å²) in [6.45, 7) is 4.07. The lowest BCUT2D eigenvalue weighted by Gasteiger charge is -1.92. The average molecular weight is 138 g/mol. The van der Waals surface area contributed by atoms with Crippen LogP contribution in [-0.2, 0) is 0 Å². The second-order valence-electron chi connectivity index (χ2n) is 1.91. The first-order chi connectivity index (χ1) is 4.80. The van der Waals surface area contributed by atoms with Gasteiger partial charge in [-0.3, -0.25) is 4.98 Å². The maximum absolute atomic E-state index is 7.50. The third-order valence-corrected chi connectivity index (χ3v) is 1.27. The minimum Gasteiger partial charge on any atom is -0.261 e. The maximum Gasteiger partial charge on any atom is 0.0401 e. The van der Waals surface area contributed by atoms with Gasteiger partial charge in [0.2, 0.25) is 0 Å². The number of hydrogen-bond donors (Lipinski definition) is 1. The van der Waals surface area contributed by atoms with Gasteiger partial charge in [-0.2, -0.15) is 4.91 Å². The van der Waals surface area contributed by atoms with Crippen molar-refractivity contribution in [2.75, 3.05) is 0 Å². The van der Waals surface area contributed by atoms with E-state index in [0.29, 0.717) is 0 Å². The highest BCUT2D eigenvalue weighted by molar-refractivity contribution is 5.15. The molecular weight excluding hydrogens is 128 g/mol. The summed E-state index contributed by atoms with van der Waals surface area (Å²) in [6, 6.07) is 4.00. The third-order valence-electron chi connectivity index (χ3n) is 1.27. The van der Waals surface area contributed by atoms with Crippen molar-refractivity contribution in [3.63, 3.8) is 0 Å². The normalized spacial score (nSPS) is 7.80. The summed E-state index contributed by atoms with van der Waals surface area (Å²) in [5.74, 6) is 0. The number of nitrogens with zero attached hydrogens (tertiary/aromatic N) is 1. The average Bonchev–Trinajstić information content (AvgIpc) is 2.00. The van der Waals surface area contributed by atoms with Crippen molar-refractivity contribution in [2.24, 2.45) is 0 Å². The Morgan fingerprint density at radius 2 is 2.00 bits per heavy atom. The quantitative estimate of drug-likeness (QED) is 0.557. The van der Waals surface area contributed by atoms with Gasteiger partial charge in [0.05, 0.1) is 0 Å². The van der Waals surface area contributed by atoms with Gasteiger partial charge in [0.25, 0.3) is 0 Å². The van der Waals surface area contributed by atoms with Crippen LogP contribution in [0.1, 0.15) is 11.3 Å². The molecule has 0 unspecified atom stereocenters. The van der Waals surface area contributed by atoms with Crippen molar-refractivity contribution in [1.29, 1.82) is 5.59 Å². The van der Waals surface area contributed by atoms with Crippen LogP contribution >= 0.6 is 0 Å². The molecule has 0 aromatic carbocycles. The van der Waals surface area contributed by atoms with E-state index in [1.54, 1.807) is 0 Å². The van der Waals surface area contributed by atoms with E-state index in [4.69, 9.17) is 4.91 Å². The molecule has 10 heavy (non-hydrogen) atoms. The maximum atomic E-state index is 7.50. The Morgan fingerprint density at radius 1 is 1.40 bits per heavy atom. The summed E-state index contributed by atoms with van der Waals surface area (Å²) in [5, 5.41) is 0. The van der Waals surface area contributed by atoms with Crippen LogP contribution in [0.2, 0.25) is 0 Å². The zero-order valence-corrected chi connectivity index (χ0v) is 6.09. The SMILES string of the molecule is Cc1cccnc1C.N=O. The predicted molar refractivity (Wildman–Crippen MR) is 39.8 cm³/mol. The van der Waals surface area contributed by atoms with Gasteiger partial charge in [-0.15, -0.1) is 0 Å². The zero-order chi connectivity index (χ0) is 7.98. The van der Waals surface area contributed by atoms with Gasteiger partial charge < -0.3 is 0 Å². The fourth-order valence-electron chi connectivity index (χ4n) is 0.565. The lowest BCUT2D eigenvalue weighted by atomic mass is 10.2. The minimum absolute atomic E-state index is 1.12. The van der Waals surface area contributed by atoms with E-state index in [9.17, 15) is 0 Å². The summed E-state index contributed by atoms with van der Waals surface area (Å²) in [7, 11) is 0. The van der Waals surface area contributed by atoms with E-state index < -0.39 is 0 Å². The Morgan fingerprint density at radius 3 is 2.30 bits per heavy atom. The van der Waals surface area contributed by atoms with Crippen LogP contribution in [0.15, 0.2) is 18.3 Å². The second-order valence-corrected chi connectivity index (χ2v) is 1.91. The number of nitrogens with one attached hydrogen (secondary N) is 1. The molecule has 0 saturated heterocycles. The van der Waals surface area contributed by atoms with Crippen LogP contribution in [0.4, 0.5) is 0 Å². The van der Waals surface area contributed by atoms with Gasteiger partial charge in [0, 0.05) is 11.9 Å². The van der Waals surface area contributed by atoms with E-state index in [-0.39, 0.29) is 0 Å². The number of aryl methyl sites for hydroxylation is 2. The van der Waals surface area contributed by atoms with Gasteiger partial charge in [0.15, 0.2) is 0 Å². The van der Waals surface area contributed by atoms with Gasteiger partial charge in [0.1, 0.15) is 0 Å². The molecule has 1 aromatic rings. The Kier molecular flexibility index (Phi) is 4.04. The molecule has 3 heteroatoms. The molecule has 0 amide bonds. The smallest absolute Gasteiger partial charge is 0.0401 e. The van der Waals surface area contributed by atoms with E-state index >= 15 is 0 Å². The Bertz CT molecular complexity index is 180. The molecule has 0 saturated carbocycles. The largest absolute Gasteiger partial charge is 0.261 e. The molecule has 0 atom stereocenters. The molecule has 0 aliphatic carbocycles. The molecule has 0 spiro atoms. The molecule has 0 aliphatic heterocycles. The highest BCUT2D eigenvalue weighted by Crippen LogP contribution is 1.98. The van der Waals surface area contributed by atoms with Gasteiger partial charge in [-0.1, -0.05) is 11.7 Å². The molecule has 1 N–H and O–H groups in total. The molecular formula is C7H10N2O. The van der Waals surface area contributed by atoms with Crippen LogP contribution in [0, 0.1) is 24.3 Å². The number of rotatable bonds is 0. The number of aromatic nitrogens is 1. The van der Waals surface area contributed by atoms with Gasteiger partial charge >= 0.3 is 0 Å². The Balaban J connectivity index is 0.000000371. The second kappa shape index (κ2) is 4.61.